The molecule has 2 fully saturated rings. The first kappa shape index (κ1) is 19.6. The molecule has 7 nitrogen and oxygen atoms in total. The number of ether oxygens (including phenoxy) is 1. The van der Waals surface area contributed by atoms with E-state index in [2.05, 4.69) is 22.0 Å². The van der Waals surface area contributed by atoms with Crippen molar-refractivity contribution < 1.29 is 14.3 Å². The lowest BCUT2D eigenvalue weighted by atomic mass is 10.1. The van der Waals surface area contributed by atoms with Crippen LogP contribution >= 0.6 is 0 Å². The molecule has 1 atom stereocenters. The van der Waals surface area contributed by atoms with Gasteiger partial charge in [-0.3, -0.25) is 9.69 Å². The standard InChI is InChI=1S/C20H30N4O3/c1-16(15-22-11-13-27-14-12-22)21-20(26)24-9-7-23(8-10-24)19-5-3-18(4-6-19)17(2)25/h3-6,16H,7-15H2,1-2H3,(H,21,26). The van der Waals surface area contributed by atoms with Gasteiger partial charge < -0.3 is 19.9 Å². The maximum Gasteiger partial charge on any atom is 0.317 e. The van der Waals surface area contributed by atoms with Crippen LogP contribution in [0.5, 0.6) is 0 Å². The number of piperazine rings is 1. The summed E-state index contributed by atoms with van der Waals surface area (Å²) in [4.78, 5) is 30.4. The molecule has 0 aromatic heterocycles. The fourth-order valence-corrected chi connectivity index (χ4v) is 3.59. The van der Waals surface area contributed by atoms with E-state index in [0.29, 0.717) is 13.1 Å². The highest BCUT2D eigenvalue weighted by Gasteiger charge is 2.23. The molecule has 1 aromatic rings. The molecule has 2 amide bonds. The zero-order chi connectivity index (χ0) is 19.2. The van der Waals surface area contributed by atoms with Gasteiger partial charge in [0.05, 0.1) is 13.2 Å². The predicted octanol–water partition coefficient (Wildman–Crippen LogP) is 1.44. The van der Waals surface area contributed by atoms with Gasteiger partial charge in [-0.2, -0.15) is 0 Å². The van der Waals surface area contributed by atoms with Crippen molar-refractivity contribution >= 4 is 17.5 Å². The van der Waals surface area contributed by atoms with Crippen LogP contribution in [0.3, 0.4) is 0 Å². The number of benzene rings is 1. The number of Topliss-reactive ketones (excluding diaryl/α,β-unsaturated/α-hetero) is 1. The molecular formula is C20H30N4O3. The average Bonchev–Trinajstić information content (AvgIpc) is 2.69. The number of rotatable bonds is 5. The van der Waals surface area contributed by atoms with Gasteiger partial charge in [0.1, 0.15) is 0 Å². The lowest BCUT2D eigenvalue weighted by Gasteiger charge is -2.37. The Morgan fingerprint density at radius 1 is 1.04 bits per heavy atom. The van der Waals surface area contributed by atoms with Gasteiger partial charge in [0.15, 0.2) is 5.78 Å². The van der Waals surface area contributed by atoms with Crippen molar-refractivity contribution in [2.24, 2.45) is 0 Å². The first-order chi connectivity index (χ1) is 13.0. The number of carbonyl (C=O) groups excluding carboxylic acids is 2. The van der Waals surface area contributed by atoms with Crippen LogP contribution in [-0.2, 0) is 4.74 Å². The quantitative estimate of drug-likeness (QED) is 0.790. The van der Waals surface area contributed by atoms with E-state index in [0.717, 1.165) is 57.2 Å². The third-order valence-electron chi connectivity index (χ3n) is 5.21. The fourth-order valence-electron chi connectivity index (χ4n) is 3.59. The summed E-state index contributed by atoms with van der Waals surface area (Å²) in [7, 11) is 0. The van der Waals surface area contributed by atoms with Crippen LogP contribution < -0.4 is 10.2 Å². The van der Waals surface area contributed by atoms with Crippen molar-refractivity contribution in [3.05, 3.63) is 29.8 Å². The largest absolute Gasteiger partial charge is 0.379 e. The lowest BCUT2D eigenvalue weighted by Crippen LogP contribution is -2.55. The molecule has 0 bridgehead atoms. The molecule has 0 radical (unpaired) electrons. The van der Waals surface area contributed by atoms with Crippen LogP contribution in [0.1, 0.15) is 24.2 Å². The van der Waals surface area contributed by atoms with E-state index in [-0.39, 0.29) is 17.9 Å². The highest BCUT2D eigenvalue weighted by atomic mass is 16.5. The van der Waals surface area contributed by atoms with Gasteiger partial charge in [0, 0.05) is 63.1 Å². The number of carbonyl (C=O) groups is 2. The number of amides is 2. The Labute approximate surface area is 161 Å². The molecule has 0 spiro atoms. The first-order valence-electron chi connectivity index (χ1n) is 9.74. The fraction of sp³-hybridized carbons (Fsp3) is 0.600. The highest BCUT2D eigenvalue weighted by molar-refractivity contribution is 5.94. The van der Waals surface area contributed by atoms with E-state index < -0.39 is 0 Å². The molecule has 2 aliphatic rings. The summed E-state index contributed by atoms with van der Waals surface area (Å²) in [5.41, 5.74) is 1.83. The zero-order valence-corrected chi connectivity index (χ0v) is 16.3. The summed E-state index contributed by atoms with van der Waals surface area (Å²) in [6.07, 6.45) is 0. The van der Waals surface area contributed by atoms with Crippen molar-refractivity contribution in [1.29, 1.82) is 0 Å². The zero-order valence-electron chi connectivity index (χ0n) is 16.3. The Kier molecular flexibility index (Phi) is 6.68. The molecule has 148 valence electrons. The lowest BCUT2D eigenvalue weighted by molar-refractivity contribution is 0.0346. The predicted molar refractivity (Wildman–Crippen MR) is 105 cm³/mol. The molecule has 0 aliphatic carbocycles. The highest BCUT2D eigenvalue weighted by Crippen LogP contribution is 2.17. The van der Waals surface area contributed by atoms with Gasteiger partial charge in [-0.25, -0.2) is 4.79 Å². The van der Waals surface area contributed by atoms with Crippen LogP contribution in [0, 0.1) is 0 Å². The van der Waals surface area contributed by atoms with Crippen molar-refractivity contribution in [3.8, 4) is 0 Å². The van der Waals surface area contributed by atoms with E-state index in [9.17, 15) is 9.59 Å². The van der Waals surface area contributed by atoms with E-state index in [4.69, 9.17) is 4.74 Å². The Morgan fingerprint density at radius 2 is 1.67 bits per heavy atom. The molecular weight excluding hydrogens is 344 g/mol. The van der Waals surface area contributed by atoms with E-state index in [1.54, 1.807) is 6.92 Å². The molecule has 2 saturated heterocycles. The second kappa shape index (κ2) is 9.19. The summed E-state index contributed by atoms with van der Waals surface area (Å²) in [5, 5.41) is 3.12. The average molecular weight is 374 g/mol. The maximum absolute atomic E-state index is 12.5. The van der Waals surface area contributed by atoms with Gasteiger partial charge in [-0.1, -0.05) is 0 Å². The first-order valence-corrected chi connectivity index (χ1v) is 9.74. The minimum atomic E-state index is 0.0161. The third-order valence-corrected chi connectivity index (χ3v) is 5.21. The second-order valence-corrected chi connectivity index (χ2v) is 7.34. The molecule has 2 aliphatic heterocycles. The van der Waals surface area contributed by atoms with Crippen LogP contribution in [0.25, 0.3) is 0 Å². The van der Waals surface area contributed by atoms with Gasteiger partial charge in [-0.05, 0) is 38.1 Å². The van der Waals surface area contributed by atoms with Gasteiger partial charge in [-0.15, -0.1) is 0 Å². The maximum atomic E-state index is 12.5. The van der Waals surface area contributed by atoms with E-state index >= 15 is 0 Å². The molecule has 1 aromatic carbocycles. The van der Waals surface area contributed by atoms with Gasteiger partial charge >= 0.3 is 6.03 Å². The minimum Gasteiger partial charge on any atom is -0.379 e. The summed E-state index contributed by atoms with van der Waals surface area (Å²) >= 11 is 0. The topological polar surface area (TPSA) is 65.1 Å². The minimum absolute atomic E-state index is 0.0161. The molecule has 1 N–H and O–H groups in total. The summed E-state index contributed by atoms with van der Waals surface area (Å²) < 4.78 is 5.36. The number of anilines is 1. The van der Waals surface area contributed by atoms with Crippen molar-refractivity contribution in [1.82, 2.24) is 15.1 Å². The number of hydrogen-bond acceptors (Lipinski definition) is 5. The Morgan fingerprint density at radius 3 is 2.26 bits per heavy atom. The third kappa shape index (κ3) is 5.43. The molecule has 2 heterocycles. The number of nitrogens with one attached hydrogen (secondary N) is 1. The number of morpholine rings is 1. The van der Waals surface area contributed by atoms with Crippen LogP contribution in [-0.4, -0.2) is 86.7 Å². The molecule has 1 unspecified atom stereocenters. The SMILES string of the molecule is CC(=O)c1ccc(N2CCN(C(=O)NC(C)CN3CCOCC3)CC2)cc1. The van der Waals surface area contributed by atoms with Crippen LogP contribution in [0.15, 0.2) is 24.3 Å². The van der Waals surface area contributed by atoms with Crippen LogP contribution in [0.2, 0.25) is 0 Å². The Bertz CT molecular complexity index is 635. The monoisotopic (exact) mass is 374 g/mol. The van der Waals surface area contributed by atoms with E-state index in [1.165, 1.54) is 0 Å². The van der Waals surface area contributed by atoms with Crippen molar-refractivity contribution in [3.63, 3.8) is 0 Å². The van der Waals surface area contributed by atoms with Crippen LogP contribution in [0.4, 0.5) is 10.5 Å². The van der Waals surface area contributed by atoms with Gasteiger partial charge in [0.25, 0.3) is 0 Å². The summed E-state index contributed by atoms with van der Waals surface area (Å²) in [6, 6.07) is 7.83. The van der Waals surface area contributed by atoms with E-state index in [1.807, 2.05) is 29.2 Å². The van der Waals surface area contributed by atoms with Gasteiger partial charge in [0.2, 0.25) is 0 Å². The summed E-state index contributed by atoms with van der Waals surface area (Å²) in [5.74, 6) is 0.0780. The number of hydrogen-bond donors (Lipinski definition) is 1. The molecule has 3 rings (SSSR count). The normalized spacial score (nSPS) is 19.6. The van der Waals surface area contributed by atoms with Crippen molar-refractivity contribution in [2.75, 3.05) is 63.9 Å². The number of ketones is 1. The Balaban J connectivity index is 1.43. The van der Waals surface area contributed by atoms with Crippen molar-refractivity contribution in [2.45, 2.75) is 19.9 Å². The molecule has 7 heteroatoms. The molecule has 27 heavy (non-hydrogen) atoms. The number of urea groups is 1. The smallest absolute Gasteiger partial charge is 0.317 e. The Hall–Kier alpha value is -2.12. The second-order valence-electron chi connectivity index (χ2n) is 7.34. The summed E-state index contributed by atoms with van der Waals surface area (Å²) in [6.45, 7) is 10.9. The number of nitrogens with zero attached hydrogens (tertiary/aromatic N) is 3. The molecule has 0 saturated carbocycles.